The monoisotopic (exact) mass is 379 g/mol. The van der Waals surface area contributed by atoms with Crippen molar-refractivity contribution in [2.75, 3.05) is 22.1 Å². The van der Waals surface area contributed by atoms with E-state index >= 15 is 0 Å². The minimum Gasteiger partial charge on any atom is -0.318 e. The van der Waals surface area contributed by atoms with E-state index in [-0.39, 0.29) is 5.91 Å². The van der Waals surface area contributed by atoms with Crippen LogP contribution in [0.2, 0.25) is 0 Å². The summed E-state index contributed by atoms with van der Waals surface area (Å²) in [6.45, 7) is 8.38. The van der Waals surface area contributed by atoms with Crippen LogP contribution in [0.5, 0.6) is 0 Å². The fourth-order valence-electron chi connectivity index (χ4n) is 3.67. The molecule has 1 fully saturated rings. The van der Waals surface area contributed by atoms with Crippen LogP contribution in [0.4, 0.5) is 17.1 Å². The fourth-order valence-corrected chi connectivity index (χ4v) is 3.67. The summed E-state index contributed by atoms with van der Waals surface area (Å²) in [7, 11) is 0. The summed E-state index contributed by atoms with van der Waals surface area (Å²) < 4.78 is 0. The highest BCUT2D eigenvalue weighted by atomic mass is 16.2. The summed E-state index contributed by atoms with van der Waals surface area (Å²) in [5.41, 5.74) is 5.82. The first-order chi connectivity index (χ1) is 13.3. The van der Waals surface area contributed by atoms with Gasteiger partial charge >= 0.3 is 11.8 Å². The van der Waals surface area contributed by atoms with Crippen LogP contribution in [0.15, 0.2) is 30.3 Å². The number of aryl methyl sites for hydroxylation is 4. The van der Waals surface area contributed by atoms with Gasteiger partial charge in [0.1, 0.15) is 0 Å². The van der Waals surface area contributed by atoms with Gasteiger partial charge in [-0.25, -0.2) is 0 Å². The van der Waals surface area contributed by atoms with Crippen molar-refractivity contribution in [3.8, 4) is 0 Å². The van der Waals surface area contributed by atoms with Crippen LogP contribution in [-0.4, -0.2) is 24.3 Å². The highest BCUT2D eigenvalue weighted by Gasteiger charge is 2.23. The van der Waals surface area contributed by atoms with Crippen molar-refractivity contribution >= 4 is 34.8 Å². The number of anilines is 3. The Kier molecular flexibility index (Phi) is 5.49. The van der Waals surface area contributed by atoms with Gasteiger partial charge in [0.15, 0.2) is 0 Å². The second-order valence-corrected chi connectivity index (χ2v) is 7.33. The van der Waals surface area contributed by atoms with E-state index in [0.29, 0.717) is 24.3 Å². The van der Waals surface area contributed by atoms with E-state index in [2.05, 4.69) is 10.6 Å². The first-order valence-corrected chi connectivity index (χ1v) is 9.37. The third-order valence-corrected chi connectivity index (χ3v) is 4.94. The fraction of sp³-hybridized carbons (Fsp3) is 0.318. The first kappa shape index (κ1) is 19.6. The second kappa shape index (κ2) is 7.84. The Morgan fingerprint density at radius 3 is 2.11 bits per heavy atom. The molecule has 1 aliphatic rings. The molecule has 146 valence electrons. The Labute approximate surface area is 164 Å². The molecule has 0 bridgehead atoms. The average Bonchev–Trinajstić information content (AvgIpc) is 3.03. The summed E-state index contributed by atoms with van der Waals surface area (Å²) in [4.78, 5) is 38.3. The van der Waals surface area contributed by atoms with Gasteiger partial charge in [0.2, 0.25) is 5.91 Å². The average molecular weight is 379 g/mol. The van der Waals surface area contributed by atoms with Gasteiger partial charge in [-0.2, -0.15) is 0 Å². The van der Waals surface area contributed by atoms with Crippen molar-refractivity contribution < 1.29 is 14.4 Å². The van der Waals surface area contributed by atoms with Crippen LogP contribution in [0.1, 0.15) is 35.1 Å². The zero-order valence-electron chi connectivity index (χ0n) is 16.7. The molecule has 2 aromatic carbocycles. The van der Waals surface area contributed by atoms with Gasteiger partial charge < -0.3 is 15.5 Å². The number of benzene rings is 2. The van der Waals surface area contributed by atoms with Gasteiger partial charge in [-0.15, -0.1) is 0 Å². The Hall–Kier alpha value is -3.15. The van der Waals surface area contributed by atoms with Crippen molar-refractivity contribution in [2.45, 2.75) is 40.5 Å². The van der Waals surface area contributed by atoms with Crippen molar-refractivity contribution in [1.82, 2.24) is 0 Å². The summed E-state index contributed by atoms with van der Waals surface area (Å²) in [5, 5.41) is 5.33. The van der Waals surface area contributed by atoms with Crippen molar-refractivity contribution in [3.63, 3.8) is 0 Å². The summed E-state index contributed by atoms with van der Waals surface area (Å²) in [5.74, 6) is -1.33. The molecule has 1 heterocycles. The van der Waals surface area contributed by atoms with E-state index < -0.39 is 11.8 Å². The Bertz CT molecular complexity index is 942. The molecule has 0 atom stereocenters. The number of rotatable bonds is 3. The number of amides is 3. The topological polar surface area (TPSA) is 78.5 Å². The van der Waals surface area contributed by atoms with Crippen LogP contribution in [0.3, 0.4) is 0 Å². The first-order valence-electron chi connectivity index (χ1n) is 9.37. The molecule has 0 saturated carbocycles. The van der Waals surface area contributed by atoms with Gasteiger partial charge in [-0.3, -0.25) is 14.4 Å². The number of nitrogens with zero attached hydrogens (tertiary/aromatic N) is 1. The number of carbonyl (C=O) groups excluding carboxylic acids is 3. The molecular formula is C22H25N3O3. The normalized spacial score (nSPS) is 13.6. The van der Waals surface area contributed by atoms with E-state index in [4.69, 9.17) is 0 Å². The molecule has 3 amide bonds. The molecular weight excluding hydrogens is 354 g/mol. The maximum atomic E-state index is 12.3. The Morgan fingerprint density at radius 2 is 1.54 bits per heavy atom. The van der Waals surface area contributed by atoms with E-state index in [1.165, 1.54) is 0 Å². The molecule has 0 unspecified atom stereocenters. The van der Waals surface area contributed by atoms with Gasteiger partial charge in [0, 0.05) is 30.0 Å². The lowest BCUT2D eigenvalue weighted by Crippen LogP contribution is -2.30. The number of carbonyl (C=O) groups is 3. The lowest BCUT2D eigenvalue weighted by Gasteiger charge is -2.19. The second-order valence-electron chi connectivity index (χ2n) is 7.33. The molecule has 0 aliphatic carbocycles. The highest BCUT2D eigenvalue weighted by Crippen LogP contribution is 2.27. The minimum atomic E-state index is -0.733. The van der Waals surface area contributed by atoms with Crippen LogP contribution in [-0.2, 0) is 14.4 Å². The molecule has 0 spiro atoms. The maximum Gasteiger partial charge on any atom is 0.314 e. The Morgan fingerprint density at radius 1 is 0.893 bits per heavy atom. The van der Waals surface area contributed by atoms with E-state index in [0.717, 1.165) is 34.4 Å². The minimum absolute atomic E-state index is 0.114. The predicted molar refractivity (Wildman–Crippen MR) is 111 cm³/mol. The summed E-state index contributed by atoms with van der Waals surface area (Å²) >= 11 is 0. The third kappa shape index (κ3) is 4.06. The van der Waals surface area contributed by atoms with Gasteiger partial charge in [-0.05, 0) is 69.0 Å². The molecule has 0 radical (unpaired) electrons. The number of hydrogen-bond donors (Lipinski definition) is 2. The zero-order chi connectivity index (χ0) is 20.4. The van der Waals surface area contributed by atoms with Gasteiger partial charge in [0.25, 0.3) is 0 Å². The maximum absolute atomic E-state index is 12.3. The molecule has 6 nitrogen and oxygen atoms in total. The van der Waals surface area contributed by atoms with Crippen LogP contribution >= 0.6 is 0 Å². The third-order valence-electron chi connectivity index (χ3n) is 4.94. The molecule has 1 saturated heterocycles. The van der Waals surface area contributed by atoms with Crippen LogP contribution in [0.25, 0.3) is 0 Å². The number of nitrogens with one attached hydrogen (secondary N) is 2. The van der Waals surface area contributed by atoms with Crippen LogP contribution in [0, 0.1) is 27.7 Å². The predicted octanol–water partition coefficient (Wildman–Crippen LogP) is 3.62. The molecule has 6 heteroatoms. The molecule has 0 aromatic heterocycles. The van der Waals surface area contributed by atoms with Gasteiger partial charge in [0.05, 0.1) is 0 Å². The van der Waals surface area contributed by atoms with Crippen molar-refractivity contribution in [1.29, 1.82) is 0 Å². The molecule has 1 aliphatic heterocycles. The standard InChI is InChI=1S/C22H25N3O3/c1-13-10-15(3)20(16(4)11-13)24-22(28)21(27)23-17-7-8-18(14(2)12-17)25-9-5-6-19(25)26/h7-8,10-12H,5-6,9H2,1-4H3,(H,23,27)(H,24,28). The van der Waals surface area contributed by atoms with E-state index in [9.17, 15) is 14.4 Å². The molecule has 3 rings (SSSR count). The van der Waals surface area contributed by atoms with Gasteiger partial charge in [-0.1, -0.05) is 17.7 Å². The van der Waals surface area contributed by atoms with E-state index in [1.54, 1.807) is 23.1 Å². The zero-order valence-corrected chi connectivity index (χ0v) is 16.7. The highest BCUT2D eigenvalue weighted by molar-refractivity contribution is 6.43. The quantitative estimate of drug-likeness (QED) is 0.800. The Balaban J connectivity index is 1.70. The SMILES string of the molecule is Cc1cc(C)c(NC(=O)C(=O)Nc2ccc(N3CCCC3=O)c(C)c2)c(C)c1. The lowest BCUT2D eigenvalue weighted by molar-refractivity contribution is -0.133. The summed E-state index contributed by atoms with van der Waals surface area (Å²) in [6, 6.07) is 9.21. The molecule has 28 heavy (non-hydrogen) atoms. The lowest BCUT2D eigenvalue weighted by atomic mass is 10.1. The molecule has 2 N–H and O–H groups in total. The smallest absolute Gasteiger partial charge is 0.314 e. The molecule has 2 aromatic rings. The van der Waals surface area contributed by atoms with E-state index in [1.807, 2.05) is 39.8 Å². The largest absolute Gasteiger partial charge is 0.318 e. The number of hydrogen-bond acceptors (Lipinski definition) is 3. The van der Waals surface area contributed by atoms with Crippen molar-refractivity contribution in [2.24, 2.45) is 0 Å². The van der Waals surface area contributed by atoms with Crippen molar-refractivity contribution in [3.05, 3.63) is 52.6 Å². The van der Waals surface area contributed by atoms with Crippen LogP contribution < -0.4 is 15.5 Å². The summed E-state index contributed by atoms with van der Waals surface area (Å²) in [6.07, 6.45) is 1.42.